The molecule has 176 valence electrons. The van der Waals surface area contributed by atoms with Crippen LogP contribution in [-0.2, 0) is 23.6 Å². The zero-order valence-corrected chi connectivity index (χ0v) is 18.2. The van der Waals surface area contributed by atoms with Gasteiger partial charge in [0.15, 0.2) is 5.54 Å². The van der Waals surface area contributed by atoms with Gasteiger partial charge in [0.1, 0.15) is 0 Å². The number of nitrogens with zero attached hydrogens (tertiary/aromatic N) is 2. The largest absolute Gasteiger partial charge is 0.416 e. The number of carbonyl (C=O) groups is 3. The fourth-order valence-electron chi connectivity index (χ4n) is 3.92. The second-order valence-corrected chi connectivity index (χ2v) is 7.96. The predicted molar refractivity (Wildman–Crippen MR) is 116 cm³/mol. The fraction of sp³-hybridized carbons (Fsp3) is 0.217. The number of rotatable bonds is 5. The lowest BCUT2D eigenvalue weighted by atomic mass is 9.93. The topological polar surface area (TPSA) is 105 Å². The van der Waals surface area contributed by atoms with Crippen molar-refractivity contribution in [3.8, 4) is 11.1 Å². The van der Waals surface area contributed by atoms with Gasteiger partial charge in [-0.3, -0.25) is 19.6 Å². The van der Waals surface area contributed by atoms with Crippen molar-refractivity contribution in [2.45, 2.75) is 18.6 Å². The molecule has 3 N–H and O–H groups in total. The van der Waals surface area contributed by atoms with E-state index in [4.69, 9.17) is 0 Å². The second-order valence-electron chi connectivity index (χ2n) is 7.96. The van der Waals surface area contributed by atoms with Crippen molar-refractivity contribution < 1.29 is 27.6 Å². The summed E-state index contributed by atoms with van der Waals surface area (Å²) in [7, 11) is 1.60. The maximum Gasteiger partial charge on any atom is 0.416 e. The monoisotopic (exact) mass is 471 g/mol. The van der Waals surface area contributed by atoms with E-state index in [2.05, 4.69) is 21.0 Å². The van der Waals surface area contributed by atoms with Gasteiger partial charge in [0.2, 0.25) is 0 Å². The molecule has 4 amide bonds. The van der Waals surface area contributed by atoms with Gasteiger partial charge in [-0.25, -0.2) is 4.79 Å². The number of nitrogens with one attached hydrogen (secondary N) is 3. The normalized spacial score (nSPS) is 17.9. The molecule has 11 heteroatoms. The molecule has 1 atom stereocenters. The molecule has 34 heavy (non-hydrogen) atoms. The van der Waals surface area contributed by atoms with Crippen molar-refractivity contribution >= 4 is 17.8 Å². The molecule has 1 aliphatic heterocycles. The van der Waals surface area contributed by atoms with E-state index in [0.29, 0.717) is 16.8 Å². The summed E-state index contributed by atoms with van der Waals surface area (Å²) in [6.45, 7) is 1.52. The molecule has 0 saturated carbocycles. The van der Waals surface area contributed by atoms with Crippen molar-refractivity contribution in [2.24, 2.45) is 7.05 Å². The first-order chi connectivity index (χ1) is 16.0. The molecule has 1 saturated heterocycles. The molecule has 4 rings (SSSR count). The Morgan fingerprint density at radius 3 is 2.38 bits per heavy atom. The minimum absolute atomic E-state index is 0.204. The molecule has 0 bridgehead atoms. The maximum absolute atomic E-state index is 13.2. The molecule has 0 aliphatic carbocycles. The summed E-state index contributed by atoms with van der Waals surface area (Å²) in [5, 5.41) is 11.4. The van der Waals surface area contributed by atoms with Gasteiger partial charge in [0.05, 0.1) is 17.8 Å². The number of hydrogen-bond acceptors (Lipinski definition) is 4. The van der Waals surface area contributed by atoms with E-state index in [0.717, 1.165) is 17.7 Å². The van der Waals surface area contributed by atoms with Crippen LogP contribution in [0.5, 0.6) is 0 Å². The highest BCUT2D eigenvalue weighted by atomic mass is 19.4. The van der Waals surface area contributed by atoms with Gasteiger partial charge in [-0.2, -0.15) is 18.3 Å². The van der Waals surface area contributed by atoms with E-state index in [1.54, 1.807) is 38.2 Å². The number of carbonyl (C=O) groups excluding carboxylic acids is 3. The summed E-state index contributed by atoms with van der Waals surface area (Å²) < 4.78 is 40.3. The molecule has 1 aromatic heterocycles. The van der Waals surface area contributed by atoms with Crippen LogP contribution in [0.25, 0.3) is 11.1 Å². The number of hydrogen-bond donors (Lipinski definition) is 3. The van der Waals surface area contributed by atoms with E-state index >= 15 is 0 Å². The van der Waals surface area contributed by atoms with Gasteiger partial charge < -0.3 is 10.6 Å². The Hall–Kier alpha value is -4.15. The van der Waals surface area contributed by atoms with Gasteiger partial charge in [0.25, 0.3) is 11.8 Å². The average molecular weight is 471 g/mol. The fourth-order valence-corrected chi connectivity index (χ4v) is 3.92. The number of alkyl halides is 3. The first kappa shape index (κ1) is 23.0. The molecule has 0 spiro atoms. The number of aryl methyl sites for hydroxylation is 2. The molecule has 1 fully saturated rings. The lowest BCUT2D eigenvalue weighted by Gasteiger charge is -2.26. The van der Waals surface area contributed by atoms with Crippen molar-refractivity contribution in [1.29, 1.82) is 0 Å². The Morgan fingerprint density at radius 2 is 1.82 bits per heavy atom. The van der Waals surface area contributed by atoms with Crippen LogP contribution in [0.3, 0.4) is 0 Å². The summed E-state index contributed by atoms with van der Waals surface area (Å²) in [5.74, 6) is -1.21. The van der Waals surface area contributed by atoms with Crippen LogP contribution in [0, 0.1) is 6.92 Å². The first-order valence-electron chi connectivity index (χ1n) is 10.2. The number of urea groups is 1. The number of imide groups is 1. The lowest BCUT2D eigenvalue weighted by molar-refractivity contribution is -0.137. The van der Waals surface area contributed by atoms with Gasteiger partial charge >= 0.3 is 12.2 Å². The minimum Gasteiger partial charge on any atom is -0.349 e. The molecule has 2 aromatic carbocycles. The van der Waals surface area contributed by atoms with Gasteiger partial charge in [-0.15, -0.1) is 0 Å². The van der Waals surface area contributed by atoms with Crippen molar-refractivity contribution in [3.63, 3.8) is 0 Å². The van der Waals surface area contributed by atoms with Crippen LogP contribution in [0.1, 0.15) is 27.2 Å². The van der Waals surface area contributed by atoms with Gasteiger partial charge in [-0.1, -0.05) is 29.8 Å². The number of benzene rings is 2. The third kappa shape index (κ3) is 4.12. The Kier molecular flexibility index (Phi) is 5.64. The highest BCUT2D eigenvalue weighted by Crippen LogP contribution is 2.32. The standard InChI is InChI=1S/C23H20F3N5O3/c1-13-3-8-16(17(11-13)14-4-6-15(7-5-14)23(24,25)26)19(32)27-12-22(18-9-10-28-31(18)2)20(33)29-21(34)30-22/h3-11H,12H2,1-2H3,(H,27,32)(H2,29,30,33,34). The molecule has 2 heterocycles. The highest BCUT2D eigenvalue weighted by molar-refractivity contribution is 6.08. The quantitative estimate of drug-likeness (QED) is 0.498. The Labute approximate surface area is 192 Å². The summed E-state index contributed by atoms with van der Waals surface area (Å²) in [4.78, 5) is 37.7. The van der Waals surface area contributed by atoms with Crippen LogP contribution in [0.2, 0.25) is 0 Å². The molecule has 1 aliphatic rings. The zero-order valence-electron chi connectivity index (χ0n) is 18.2. The van der Waals surface area contributed by atoms with Crippen LogP contribution in [0.15, 0.2) is 54.7 Å². The third-order valence-corrected chi connectivity index (χ3v) is 5.66. The maximum atomic E-state index is 13.2. The molecule has 1 unspecified atom stereocenters. The summed E-state index contributed by atoms with van der Waals surface area (Å²) in [6.07, 6.45) is -3.02. The second kappa shape index (κ2) is 8.32. The summed E-state index contributed by atoms with van der Waals surface area (Å²) >= 11 is 0. The first-order valence-corrected chi connectivity index (χ1v) is 10.2. The van der Waals surface area contributed by atoms with E-state index in [1.165, 1.54) is 23.0 Å². The third-order valence-electron chi connectivity index (χ3n) is 5.66. The molecular weight excluding hydrogens is 451 g/mol. The van der Waals surface area contributed by atoms with E-state index in [-0.39, 0.29) is 12.1 Å². The van der Waals surface area contributed by atoms with Crippen molar-refractivity contribution in [3.05, 3.63) is 77.1 Å². The SMILES string of the molecule is Cc1ccc(C(=O)NCC2(c3ccnn3C)NC(=O)NC2=O)c(-c2ccc(C(F)(F)F)cc2)c1. The van der Waals surface area contributed by atoms with Crippen LogP contribution in [0.4, 0.5) is 18.0 Å². The van der Waals surface area contributed by atoms with E-state index in [9.17, 15) is 27.6 Å². The lowest BCUT2D eigenvalue weighted by Crippen LogP contribution is -2.53. The minimum atomic E-state index is -4.47. The predicted octanol–water partition coefficient (Wildman–Crippen LogP) is 2.88. The van der Waals surface area contributed by atoms with Crippen LogP contribution >= 0.6 is 0 Å². The smallest absolute Gasteiger partial charge is 0.349 e. The summed E-state index contributed by atoms with van der Waals surface area (Å²) in [5.41, 5.74) is -0.137. The Morgan fingerprint density at radius 1 is 1.12 bits per heavy atom. The molecule has 8 nitrogen and oxygen atoms in total. The highest BCUT2D eigenvalue weighted by Gasteiger charge is 2.50. The Balaban J connectivity index is 1.65. The van der Waals surface area contributed by atoms with Crippen LogP contribution < -0.4 is 16.0 Å². The van der Waals surface area contributed by atoms with Crippen molar-refractivity contribution in [2.75, 3.05) is 6.54 Å². The van der Waals surface area contributed by atoms with Crippen molar-refractivity contribution in [1.82, 2.24) is 25.7 Å². The van der Waals surface area contributed by atoms with E-state index in [1.807, 2.05) is 0 Å². The number of halogens is 3. The number of aromatic nitrogens is 2. The summed E-state index contributed by atoms with van der Waals surface area (Å²) in [6, 6.07) is 10.3. The van der Waals surface area contributed by atoms with Crippen LogP contribution in [-0.4, -0.2) is 34.2 Å². The zero-order chi connectivity index (χ0) is 24.7. The molecule has 3 aromatic rings. The Bertz CT molecular complexity index is 1280. The molecular formula is C23H20F3N5O3. The number of amides is 4. The van der Waals surface area contributed by atoms with Gasteiger partial charge in [-0.05, 0) is 42.3 Å². The van der Waals surface area contributed by atoms with E-state index < -0.39 is 35.1 Å². The van der Waals surface area contributed by atoms with Gasteiger partial charge in [0, 0.05) is 18.8 Å². The average Bonchev–Trinajstić information content (AvgIpc) is 3.33. The molecule has 0 radical (unpaired) electrons.